The second-order valence-electron chi connectivity index (χ2n) is 3.76. The number of nitrogens with two attached hydrogens (primary N) is 1. The molecule has 6 heteroatoms. The molecule has 2 rings (SSSR count). The summed E-state index contributed by atoms with van der Waals surface area (Å²) in [6.07, 6.45) is -0.129. The Labute approximate surface area is 98.1 Å². The lowest BCUT2D eigenvalue weighted by Gasteiger charge is -2.04. The number of imidazole rings is 1. The Bertz CT molecular complexity index is 562. The van der Waals surface area contributed by atoms with E-state index >= 15 is 0 Å². The van der Waals surface area contributed by atoms with Crippen molar-refractivity contribution in [3.05, 3.63) is 18.2 Å². The van der Waals surface area contributed by atoms with Gasteiger partial charge < -0.3 is 15.4 Å². The molecule has 0 radical (unpaired) electrons. The Morgan fingerprint density at radius 3 is 3.00 bits per heavy atom. The van der Waals surface area contributed by atoms with Gasteiger partial charge in [-0.2, -0.15) is 0 Å². The molecule has 0 aliphatic rings. The fourth-order valence-corrected chi connectivity index (χ4v) is 1.81. The molecule has 0 fully saturated rings. The van der Waals surface area contributed by atoms with Crippen LogP contribution in [-0.4, -0.2) is 20.8 Å². The van der Waals surface area contributed by atoms with E-state index < -0.39 is 6.09 Å². The van der Waals surface area contributed by atoms with Crippen molar-refractivity contribution in [2.24, 2.45) is 0 Å². The standard InChI is InChI=1S/C11H14N4O2/c1-2-5-15-9-4-3-7(13-11(16)17)6-8(9)14-10(15)12/h3-4,6,13H,2,5H2,1H3,(H2,12,14)(H,16,17). The van der Waals surface area contributed by atoms with Gasteiger partial charge in [-0.15, -0.1) is 0 Å². The van der Waals surface area contributed by atoms with Gasteiger partial charge in [0.1, 0.15) is 0 Å². The summed E-state index contributed by atoms with van der Waals surface area (Å²) in [5, 5.41) is 10.9. The molecule has 17 heavy (non-hydrogen) atoms. The number of hydrogen-bond donors (Lipinski definition) is 3. The van der Waals surface area contributed by atoms with Gasteiger partial charge in [-0.1, -0.05) is 6.92 Å². The van der Waals surface area contributed by atoms with Gasteiger partial charge in [0.25, 0.3) is 0 Å². The van der Waals surface area contributed by atoms with Gasteiger partial charge in [0.15, 0.2) is 0 Å². The minimum absolute atomic E-state index is 0.453. The number of fused-ring (bicyclic) bond motifs is 1. The average molecular weight is 234 g/mol. The highest BCUT2D eigenvalue weighted by Crippen LogP contribution is 2.21. The minimum atomic E-state index is -1.09. The first-order valence-corrected chi connectivity index (χ1v) is 5.37. The van der Waals surface area contributed by atoms with Crippen LogP contribution in [0.1, 0.15) is 13.3 Å². The number of carbonyl (C=O) groups is 1. The molecule has 1 aromatic heterocycles. The number of nitrogen functional groups attached to an aromatic ring is 1. The molecule has 0 saturated carbocycles. The highest BCUT2D eigenvalue weighted by Gasteiger charge is 2.08. The number of carboxylic acid groups (broad SMARTS) is 1. The summed E-state index contributed by atoms with van der Waals surface area (Å²) in [6.45, 7) is 2.86. The molecular formula is C11H14N4O2. The topological polar surface area (TPSA) is 93.2 Å². The fourth-order valence-electron chi connectivity index (χ4n) is 1.81. The van der Waals surface area contributed by atoms with Gasteiger partial charge >= 0.3 is 6.09 Å². The van der Waals surface area contributed by atoms with Gasteiger partial charge in [0, 0.05) is 12.2 Å². The van der Waals surface area contributed by atoms with Gasteiger partial charge in [-0.3, -0.25) is 5.32 Å². The number of nitrogens with one attached hydrogen (secondary N) is 1. The fraction of sp³-hybridized carbons (Fsp3) is 0.273. The summed E-state index contributed by atoms with van der Waals surface area (Å²) in [6, 6.07) is 5.19. The highest BCUT2D eigenvalue weighted by molar-refractivity contribution is 5.88. The SMILES string of the molecule is CCCn1c(N)nc2cc(NC(=O)O)ccc21. The molecule has 1 amide bonds. The van der Waals surface area contributed by atoms with Crippen LogP contribution < -0.4 is 11.1 Å². The largest absolute Gasteiger partial charge is 0.465 e. The Hall–Kier alpha value is -2.24. The van der Waals surface area contributed by atoms with Crippen LogP contribution in [0.3, 0.4) is 0 Å². The van der Waals surface area contributed by atoms with E-state index in [1.807, 2.05) is 10.6 Å². The highest BCUT2D eigenvalue weighted by atomic mass is 16.4. The molecule has 0 aliphatic heterocycles. The Kier molecular flexibility index (Phi) is 2.86. The molecule has 0 saturated heterocycles. The lowest BCUT2D eigenvalue weighted by molar-refractivity contribution is 0.210. The van der Waals surface area contributed by atoms with Crippen LogP contribution in [0.2, 0.25) is 0 Å². The van der Waals surface area contributed by atoms with Crippen molar-refractivity contribution in [2.75, 3.05) is 11.1 Å². The number of anilines is 2. The summed E-state index contributed by atoms with van der Waals surface area (Å²) in [5.74, 6) is 0.453. The van der Waals surface area contributed by atoms with E-state index in [0.717, 1.165) is 18.5 Å². The van der Waals surface area contributed by atoms with Gasteiger partial charge in [0.2, 0.25) is 5.95 Å². The van der Waals surface area contributed by atoms with Crippen LogP contribution in [0.15, 0.2) is 18.2 Å². The van der Waals surface area contributed by atoms with E-state index in [-0.39, 0.29) is 0 Å². The van der Waals surface area contributed by atoms with Crippen LogP contribution >= 0.6 is 0 Å². The number of nitrogens with zero attached hydrogens (tertiary/aromatic N) is 2. The molecule has 1 heterocycles. The lowest BCUT2D eigenvalue weighted by atomic mass is 10.2. The zero-order valence-corrected chi connectivity index (χ0v) is 9.47. The monoisotopic (exact) mass is 234 g/mol. The molecule has 0 spiro atoms. The third kappa shape index (κ3) is 2.15. The number of hydrogen-bond acceptors (Lipinski definition) is 3. The molecule has 0 unspecified atom stereocenters. The molecule has 1 aromatic carbocycles. The van der Waals surface area contributed by atoms with Crippen molar-refractivity contribution in [1.29, 1.82) is 0 Å². The maximum atomic E-state index is 10.5. The number of aryl methyl sites for hydroxylation is 1. The quantitative estimate of drug-likeness (QED) is 0.758. The maximum absolute atomic E-state index is 10.5. The molecule has 2 aromatic rings. The third-order valence-electron chi connectivity index (χ3n) is 2.48. The zero-order valence-electron chi connectivity index (χ0n) is 9.47. The Balaban J connectivity index is 2.46. The maximum Gasteiger partial charge on any atom is 0.409 e. The van der Waals surface area contributed by atoms with Crippen molar-refractivity contribution in [3.8, 4) is 0 Å². The molecule has 0 bridgehead atoms. The molecule has 90 valence electrons. The summed E-state index contributed by atoms with van der Waals surface area (Å²) in [7, 11) is 0. The Morgan fingerprint density at radius 1 is 1.59 bits per heavy atom. The molecular weight excluding hydrogens is 220 g/mol. The van der Waals surface area contributed by atoms with Crippen molar-refractivity contribution >= 4 is 28.8 Å². The van der Waals surface area contributed by atoms with Crippen LogP contribution in [0.5, 0.6) is 0 Å². The number of benzene rings is 1. The van der Waals surface area contributed by atoms with Crippen LogP contribution in [0, 0.1) is 0 Å². The van der Waals surface area contributed by atoms with Crippen molar-refractivity contribution in [3.63, 3.8) is 0 Å². The van der Waals surface area contributed by atoms with Crippen LogP contribution in [-0.2, 0) is 6.54 Å². The number of aromatic nitrogens is 2. The summed E-state index contributed by atoms with van der Waals surface area (Å²) in [5.41, 5.74) is 7.91. The molecule has 6 nitrogen and oxygen atoms in total. The first kappa shape index (κ1) is 11.3. The summed E-state index contributed by atoms with van der Waals surface area (Å²) < 4.78 is 1.92. The minimum Gasteiger partial charge on any atom is -0.465 e. The normalized spacial score (nSPS) is 10.6. The summed E-state index contributed by atoms with van der Waals surface area (Å²) in [4.78, 5) is 14.7. The van der Waals surface area contributed by atoms with Crippen molar-refractivity contribution in [1.82, 2.24) is 9.55 Å². The van der Waals surface area contributed by atoms with E-state index in [4.69, 9.17) is 10.8 Å². The van der Waals surface area contributed by atoms with E-state index in [2.05, 4.69) is 17.2 Å². The van der Waals surface area contributed by atoms with E-state index in [9.17, 15) is 4.79 Å². The van der Waals surface area contributed by atoms with Crippen LogP contribution in [0.25, 0.3) is 11.0 Å². The predicted molar refractivity (Wildman–Crippen MR) is 66.1 cm³/mol. The number of rotatable bonds is 3. The lowest BCUT2D eigenvalue weighted by Crippen LogP contribution is -2.06. The predicted octanol–water partition coefficient (Wildman–Crippen LogP) is 2.12. The van der Waals surface area contributed by atoms with Gasteiger partial charge in [-0.05, 0) is 24.6 Å². The smallest absolute Gasteiger partial charge is 0.409 e. The molecule has 0 atom stereocenters. The van der Waals surface area contributed by atoms with Gasteiger partial charge in [0.05, 0.1) is 11.0 Å². The summed E-state index contributed by atoms with van der Waals surface area (Å²) >= 11 is 0. The number of amides is 1. The molecule has 0 aliphatic carbocycles. The van der Waals surface area contributed by atoms with Gasteiger partial charge in [-0.25, -0.2) is 9.78 Å². The zero-order chi connectivity index (χ0) is 12.4. The first-order valence-electron chi connectivity index (χ1n) is 5.37. The second kappa shape index (κ2) is 4.32. The van der Waals surface area contributed by atoms with E-state index in [1.165, 1.54) is 0 Å². The first-order chi connectivity index (χ1) is 8.11. The van der Waals surface area contributed by atoms with Crippen molar-refractivity contribution < 1.29 is 9.90 Å². The van der Waals surface area contributed by atoms with E-state index in [0.29, 0.717) is 17.2 Å². The Morgan fingerprint density at radius 2 is 2.35 bits per heavy atom. The average Bonchev–Trinajstić information content (AvgIpc) is 2.54. The van der Waals surface area contributed by atoms with Crippen LogP contribution in [0.4, 0.5) is 16.4 Å². The second-order valence-corrected chi connectivity index (χ2v) is 3.76. The molecule has 4 N–H and O–H groups in total. The van der Waals surface area contributed by atoms with E-state index in [1.54, 1.807) is 12.1 Å². The van der Waals surface area contributed by atoms with Crippen molar-refractivity contribution in [2.45, 2.75) is 19.9 Å². The third-order valence-corrected chi connectivity index (χ3v) is 2.48.